The highest BCUT2D eigenvalue weighted by atomic mass is 32.2. The van der Waals surface area contributed by atoms with Crippen LogP contribution in [0.3, 0.4) is 0 Å². The van der Waals surface area contributed by atoms with Gasteiger partial charge in [-0.1, -0.05) is 36.6 Å². The zero-order chi connectivity index (χ0) is 20.8. The number of thioether (sulfide) groups is 1. The van der Waals surface area contributed by atoms with E-state index in [1.165, 1.54) is 35.3 Å². The Bertz CT molecular complexity index is 910. The van der Waals surface area contributed by atoms with Gasteiger partial charge in [-0.15, -0.1) is 17.7 Å². The minimum atomic E-state index is 0.133. The summed E-state index contributed by atoms with van der Waals surface area (Å²) < 4.78 is 5.91. The van der Waals surface area contributed by atoms with Gasteiger partial charge in [0.25, 0.3) is 0 Å². The van der Waals surface area contributed by atoms with Crippen LogP contribution in [0.15, 0.2) is 57.6 Å². The van der Waals surface area contributed by atoms with E-state index in [-0.39, 0.29) is 6.10 Å². The molecule has 0 aliphatic heterocycles. The van der Waals surface area contributed by atoms with Crippen LogP contribution < -0.4 is 4.74 Å². The second-order valence-electron chi connectivity index (χ2n) is 8.04. The van der Waals surface area contributed by atoms with Gasteiger partial charge in [-0.25, -0.2) is 0 Å². The summed E-state index contributed by atoms with van der Waals surface area (Å²) in [5, 5.41) is 0. The van der Waals surface area contributed by atoms with E-state index in [9.17, 15) is 0 Å². The summed E-state index contributed by atoms with van der Waals surface area (Å²) >= 11 is 1.83. The Hall–Kier alpha value is -2.18. The molecule has 0 N–H and O–H groups in total. The highest BCUT2D eigenvalue weighted by molar-refractivity contribution is 8.02. The van der Waals surface area contributed by atoms with E-state index in [1.54, 1.807) is 5.57 Å². The van der Waals surface area contributed by atoms with Gasteiger partial charge in [0.2, 0.25) is 0 Å². The summed E-state index contributed by atoms with van der Waals surface area (Å²) in [5.74, 6) is 9.38. The molecule has 0 saturated heterocycles. The molecule has 0 heterocycles. The molecule has 0 spiro atoms. The molecule has 0 aromatic heterocycles. The first-order valence-electron chi connectivity index (χ1n) is 10.4. The maximum absolute atomic E-state index is 5.91. The van der Waals surface area contributed by atoms with Gasteiger partial charge in [0.15, 0.2) is 0 Å². The lowest BCUT2D eigenvalue weighted by Crippen LogP contribution is -2.09. The Morgan fingerprint density at radius 3 is 2.97 bits per heavy atom. The number of allylic oxidation sites excluding steroid dienone is 4. The molecular formula is C26H31NOS. The number of aliphatic imine (C=N–C) groups is 1. The summed E-state index contributed by atoms with van der Waals surface area (Å²) in [6, 6.07) is 6.33. The molecule has 29 heavy (non-hydrogen) atoms. The van der Waals surface area contributed by atoms with Crippen LogP contribution >= 0.6 is 11.8 Å². The fraction of sp³-hybridized carbons (Fsp3) is 0.423. The fourth-order valence-electron chi connectivity index (χ4n) is 4.19. The maximum Gasteiger partial charge on any atom is 0.135 e. The maximum atomic E-state index is 5.91. The predicted molar refractivity (Wildman–Crippen MR) is 126 cm³/mol. The zero-order valence-electron chi connectivity index (χ0n) is 18.0. The van der Waals surface area contributed by atoms with Gasteiger partial charge in [-0.3, -0.25) is 4.99 Å². The molecule has 2 atom stereocenters. The molecule has 0 amide bonds. The number of hydrogen-bond donors (Lipinski definition) is 0. The molecule has 2 aliphatic carbocycles. The third-order valence-electron chi connectivity index (χ3n) is 5.56. The van der Waals surface area contributed by atoms with Gasteiger partial charge in [0.1, 0.15) is 5.75 Å². The van der Waals surface area contributed by atoms with Crippen molar-refractivity contribution in [1.82, 2.24) is 0 Å². The van der Waals surface area contributed by atoms with Gasteiger partial charge in [-0.2, -0.15) is 0 Å². The van der Waals surface area contributed by atoms with Crippen LogP contribution in [-0.4, -0.2) is 12.8 Å². The van der Waals surface area contributed by atoms with Crippen molar-refractivity contribution in [3.63, 3.8) is 0 Å². The lowest BCUT2D eigenvalue weighted by atomic mass is 9.85. The number of fused-ring (bicyclic) bond motifs is 1. The zero-order valence-corrected chi connectivity index (χ0v) is 18.8. The lowest BCUT2D eigenvalue weighted by Gasteiger charge is -2.23. The monoisotopic (exact) mass is 405 g/mol. The van der Waals surface area contributed by atoms with Crippen LogP contribution in [0.25, 0.3) is 0 Å². The molecule has 3 rings (SSSR count). The van der Waals surface area contributed by atoms with Gasteiger partial charge in [-0.05, 0) is 81.9 Å². The summed E-state index contributed by atoms with van der Waals surface area (Å²) in [4.78, 5) is 5.33. The average Bonchev–Trinajstić information content (AvgIpc) is 3.08. The third-order valence-corrected chi connectivity index (χ3v) is 6.67. The van der Waals surface area contributed by atoms with Crippen molar-refractivity contribution < 1.29 is 4.74 Å². The summed E-state index contributed by atoms with van der Waals surface area (Å²) in [6.07, 6.45) is 10.4. The van der Waals surface area contributed by atoms with Crippen molar-refractivity contribution in [2.75, 3.05) is 0 Å². The fourth-order valence-corrected chi connectivity index (χ4v) is 5.19. The van der Waals surface area contributed by atoms with Crippen molar-refractivity contribution in [1.29, 1.82) is 0 Å². The highest BCUT2D eigenvalue weighted by Crippen LogP contribution is 2.46. The summed E-state index contributed by atoms with van der Waals surface area (Å²) in [5.41, 5.74) is 5.17. The van der Waals surface area contributed by atoms with Crippen LogP contribution in [0.1, 0.15) is 58.1 Å². The minimum absolute atomic E-state index is 0.133. The quantitative estimate of drug-likeness (QED) is 0.362. The highest BCUT2D eigenvalue weighted by Gasteiger charge is 2.31. The van der Waals surface area contributed by atoms with Crippen LogP contribution in [0.2, 0.25) is 0 Å². The van der Waals surface area contributed by atoms with Crippen molar-refractivity contribution in [2.24, 2.45) is 16.8 Å². The van der Waals surface area contributed by atoms with Crippen LogP contribution in [0.4, 0.5) is 0 Å². The van der Waals surface area contributed by atoms with Crippen LogP contribution in [0, 0.1) is 23.7 Å². The normalized spacial score (nSPS) is 21.1. The average molecular weight is 406 g/mol. The molecular weight excluding hydrogens is 374 g/mol. The minimum Gasteiger partial charge on any atom is -0.490 e. The predicted octanol–water partition coefficient (Wildman–Crippen LogP) is 6.92. The van der Waals surface area contributed by atoms with Gasteiger partial charge < -0.3 is 4.74 Å². The molecule has 2 unspecified atom stereocenters. The summed E-state index contributed by atoms with van der Waals surface area (Å²) in [7, 11) is 0. The molecule has 2 aliphatic rings. The van der Waals surface area contributed by atoms with Gasteiger partial charge in [0.05, 0.1) is 11.7 Å². The molecule has 2 nitrogen and oxygen atoms in total. The number of hydrogen-bond acceptors (Lipinski definition) is 3. The standard InChI is InChI=1S/C26H31NOS/c1-6-8-21-15-20(12-14-25(21)28-18(2)3)17-29-26(16-27-5)24-10-7-9-22-19(4)11-13-23(22)24/h7,10,12,14-16,18-19,22H,5,9,11,13,17H2,1-4H3/b26-16-. The molecule has 1 aromatic carbocycles. The Morgan fingerprint density at radius 1 is 1.41 bits per heavy atom. The Balaban J connectivity index is 1.81. The van der Waals surface area contributed by atoms with Gasteiger partial charge in [0, 0.05) is 16.9 Å². The number of benzene rings is 1. The van der Waals surface area contributed by atoms with E-state index in [4.69, 9.17) is 4.74 Å². The second-order valence-corrected chi connectivity index (χ2v) is 9.05. The lowest BCUT2D eigenvalue weighted by molar-refractivity contribution is 0.241. The third kappa shape index (κ3) is 5.25. The van der Waals surface area contributed by atoms with E-state index in [2.05, 4.69) is 54.8 Å². The Morgan fingerprint density at radius 2 is 2.24 bits per heavy atom. The molecule has 3 heteroatoms. The van der Waals surface area contributed by atoms with E-state index in [1.807, 2.05) is 44.8 Å². The largest absolute Gasteiger partial charge is 0.490 e. The molecule has 152 valence electrons. The number of nitrogens with zero attached hydrogens (tertiary/aromatic N) is 1. The molecule has 0 radical (unpaired) electrons. The second kappa shape index (κ2) is 10.0. The first-order valence-corrected chi connectivity index (χ1v) is 11.4. The molecule has 1 saturated carbocycles. The first-order chi connectivity index (χ1) is 14.0. The van der Waals surface area contributed by atoms with E-state index in [0.29, 0.717) is 5.92 Å². The summed E-state index contributed by atoms with van der Waals surface area (Å²) in [6.45, 7) is 12.0. The molecule has 1 aromatic rings. The first kappa shape index (κ1) is 21.5. The Kier molecular flexibility index (Phi) is 7.45. The smallest absolute Gasteiger partial charge is 0.135 e. The van der Waals surface area contributed by atoms with Crippen molar-refractivity contribution in [3.8, 4) is 17.6 Å². The topological polar surface area (TPSA) is 21.6 Å². The van der Waals surface area contributed by atoms with Crippen LogP contribution in [-0.2, 0) is 5.75 Å². The van der Waals surface area contributed by atoms with E-state index >= 15 is 0 Å². The SMILES string of the molecule is C=N/C=C(\SCc1ccc(OC(C)C)c(C#CC)c1)C1=C2CCC(C)C2CC=C1. The molecule has 0 bridgehead atoms. The van der Waals surface area contributed by atoms with Crippen molar-refractivity contribution in [3.05, 3.63) is 63.7 Å². The van der Waals surface area contributed by atoms with E-state index < -0.39 is 0 Å². The van der Waals surface area contributed by atoms with Crippen molar-refractivity contribution in [2.45, 2.75) is 58.8 Å². The van der Waals surface area contributed by atoms with E-state index in [0.717, 1.165) is 23.0 Å². The van der Waals surface area contributed by atoms with Gasteiger partial charge >= 0.3 is 0 Å². The van der Waals surface area contributed by atoms with Crippen molar-refractivity contribution >= 4 is 18.5 Å². The Labute approximate surface area is 180 Å². The van der Waals surface area contributed by atoms with Crippen LogP contribution in [0.5, 0.6) is 5.75 Å². The molecule has 1 fully saturated rings. The number of ether oxygens (including phenoxy) is 1. The number of rotatable bonds is 7.